The van der Waals surface area contributed by atoms with Crippen LogP contribution in [0.3, 0.4) is 0 Å². The van der Waals surface area contributed by atoms with Crippen LogP contribution >= 0.6 is 0 Å². The molecule has 0 unspecified atom stereocenters. The molecule has 0 spiro atoms. The summed E-state index contributed by atoms with van der Waals surface area (Å²) in [5.41, 5.74) is 2.30. The number of rotatable bonds is 3. The zero-order valence-electron chi connectivity index (χ0n) is 11.7. The fourth-order valence-corrected chi connectivity index (χ4v) is 2.98. The van der Waals surface area contributed by atoms with E-state index in [2.05, 4.69) is 11.4 Å². The molecule has 1 aliphatic carbocycles. The van der Waals surface area contributed by atoms with E-state index >= 15 is 0 Å². The Bertz CT molecular complexity index is 516. The summed E-state index contributed by atoms with van der Waals surface area (Å²) in [5.74, 6) is 1.00. The number of carbonyl (C=O) groups excluding carboxylic acids is 1. The van der Waals surface area contributed by atoms with E-state index in [1.54, 1.807) is 6.08 Å². The first-order valence-electron chi connectivity index (χ1n) is 7.55. The number of amides is 1. The number of carbonyl (C=O) groups is 1. The Morgan fingerprint density at radius 1 is 1.25 bits per heavy atom. The van der Waals surface area contributed by atoms with Gasteiger partial charge in [-0.1, -0.05) is 25.3 Å². The van der Waals surface area contributed by atoms with Crippen molar-refractivity contribution in [3.05, 3.63) is 35.4 Å². The van der Waals surface area contributed by atoms with Gasteiger partial charge in [0.05, 0.1) is 6.61 Å². The first-order valence-corrected chi connectivity index (χ1v) is 7.55. The van der Waals surface area contributed by atoms with Crippen molar-refractivity contribution in [2.75, 3.05) is 6.61 Å². The number of benzene rings is 1. The molecule has 3 rings (SSSR count). The molecular formula is C17H21NO2. The van der Waals surface area contributed by atoms with E-state index < -0.39 is 0 Å². The van der Waals surface area contributed by atoms with Crippen molar-refractivity contribution >= 4 is 12.0 Å². The molecule has 1 aromatic rings. The van der Waals surface area contributed by atoms with E-state index in [-0.39, 0.29) is 5.91 Å². The van der Waals surface area contributed by atoms with Crippen LogP contribution in [0.4, 0.5) is 0 Å². The van der Waals surface area contributed by atoms with Gasteiger partial charge in [-0.05, 0) is 42.2 Å². The predicted octanol–water partition coefficient (Wildman–Crippen LogP) is 3.08. The molecule has 20 heavy (non-hydrogen) atoms. The van der Waals surface area contributed by atoms with E-state index in [0.29, 0.717) is 6.04 Å². The third kappa shape index (κ3) is 3.21. The van der Waals surface area contributed by atoms with Crippen molar-refractivity contribution in [3.63, 3.8) is 0 Å². The van der Waals surface area contributed by atoms with Crippen LogP contribution in [0.15, 0.2) is 24.3 Å². The maximum absolute atomic E-state index is 11.9. The SMILES string of the molecule is O=C(/C=C/c1ccc2c(c1)CCO2)NC1CCCCC1. The third-order valence-electron chi connectivity index (χ3n) is 4.09. The van der Waals surface area contributed by atoms with Crippen molar-refractivity contribution in [2.45, 2.75) is 44.6 Å². The zero-order valence-corrected chi connectivity index (χ0v) is 11.7. The number of hydrogen-bond donors (Lipinski definition) is 1. The Hall–Kier alpha value is -1.77. The van der Waals surface area contributed by atoms with Crippen molar-refractivity contribution in [3.8, 4) is 5.75 Å². The molecule has 1 saturated carbocycles. The molecule has 1 N–H and O–H groups in total. The van der Waals surface area contributed by atoms with E-state index in [4.69, 9.17) is 4.74 Å². The third-order valence-corrected chi connectivity index (χ3v) is 4.09. The number of nitrogens with one attached hydrogen (secondary N) is 1. The molecule has 1 fully saturated rings. The molecule has 3 heteroatoms. The van der Waals surface area contributed by atoms with Crippen LogP contribution in [0, 0.1) is 0 Å². The summed E-state index contributed by atoms with van der Waals surface area (Å²) in [5, 5.41) is 3.09. The Balaban J connectivity index is 1.57. The van der Waals surface area contributed by atoms with Gasteiger partial charge < -0.3 is 10.1 Å². The summed E-state index contributed by atoms with van der Waals surface area (Å²) in [4.78, 5) is 11.9. The van der Waals surface area contributed by atoms with Crippen LogP contribution in [0.2, 0.25) is 0 Å². The highest BCUT2D eigenvalue weighted by Gasteiger charge is 2.14. The van der Waals surface area contributed by atoms with Crippen LogP contribution in [0.5, 0.6) is 5.75 Å². The van der Waals surface area contributed by atoms with Gasteiger partial charge in [-0.3, -0.25) is 4.79 Å². The maximum atomic E-state index is 11.9. The van der Waals surface area contributed by atoms with Crippen molar-refractivity contribution in [1.29, 1.82) is 0 Å². The van der Waals surface area contributed by atoms with Gasteiger partial charge in [0.15, 0.2) is 0 Å². The van der Waals surface area contributed by atoms with E-state index in [9.17, 15) is 4.79 Å². The molecule has 0 radical (unpaired) electrons. The first-order chi connectivity index (χ1) is 9.81. The summed E-state index contributed by atoms with van der Waals surface area (Å²) in [7, 11) is 0. The van der Waals surface area contributed by atoms with Gasteiger partial charge in [-0.15, -0.1) is 0 Å². The number of hydrogen-bond acceptors (Lipinski definition) is 2. The summed E-state index contributed by atoms with van der Waals surface area (Å²) >= 11 is 0. The Kier molecular flexibility index (Phi) is 4.05. The molecule has 1 aliphatic heterocycles. The largest absolute Gasteiger partial charge is 0.493 e. The molecule has 2 aliphatic rings. The average molecular weight is 271 g/mol. The maximum Gasteiger partial charge on any atom is 0.244 e. The van der Waals surface area contributed by atoms with Gasteiger partial charge in [0.25, 0.3) is 0 Å². The lowest BCUT2D eigenvalue weighted by molar-refractivity contribution is -0.117. The van der Waals surface area contributed by atoms with Gasteiger partial charge in [0.2, 0.25) is 5.91 Å². The van der Waals surface area contributed by atoms with Crippen molar-refractivity contribution in [2.24, 2.45) is 0 Å². The van der Waals surface area contributed by atoms with E-state index in [0.717, 1.165) is 37.2 Å². The second-order valence-electron chi connectivity index (χ2n) is 5.64. The lowest BCUT2D eigenvalue weighted by Crippen LogP contribution is -2.34. The van der Waals surface area contributed by atoms with Gasteiger partial charge in [-0.2, -0.15) is 0 Å². The topological polar surface area (TPSA) is 38.3 Å². The average Bonchev–Trinajstić information content (AvgIpc) is 2.93. The summed E-state index contributed by atoms with van der Waals surface area (Å²) < 4.78 is 5.48. The molecule has 0 atom stereocenters. The quantitative estimate of drug-likeness (QED) is 0.858. The van der Waals surface area contributed by atoms with Gasteiger partial charge in [0, 0.05) is 18.5 Å². The smallest absolute Gasteiger partial charge is 0.244 e. The lowest BCUT2D eigenvalue weighted by atomic mass is 9.95. The normalized spacial score (nSPS) is 18.8. The van der Waals surface area contributed by atoms with Crippen LogP contribution in [-0.2, 0) is 11.2 Å². The number of ether oxygens (including phenoxy) is 1. The highest BCUT2D eigenvalue weighted by Crippen LogP contribution is 2.26. The molecular weight excluding hydrogens is 250 g/mol. The van der Waals surface area contributed by atoms with Crippen LogP contribution < -0.4 is 10.1 Å². The summed E-state index contributed by atoms with van der Waals surface area (Å²) in [6.45, 7) is 0.769. The molecule has 1 aromatic carbocycles. The van der Waals surface area contributed by atoms with Crippen LogP contribution in [0.1, 0.15) is 43.2 Å². The standard InChI is InChI=1S/C17H21NO2/c19-17(18-15-4-2-1-3-5-15)9-7-13-6-8-16-14(12-13)10-11-20-16/h6-9,12,15H,1-5,10-11H2,(H,18,19)/b9-7+. The highest BCUT2D eigenvalue weighted by molar-refractivity contribution is 5.91. The predicted molar refractivity (Wildman–Crippen MR) is 79.7 cm³/mol. The second kappa shape index (κ2) is 6.12. The fourth-order valence-electron chi connectivity index (χ4n) is 2.98. The van der Waals surface area contributed by atoms with Crippen LogP contribution in [0.25, 0.3) is 6.08 Å². The molecule has 3 nitrogen and oxygen atoms in total. The summed E-state index contributed by atoms with van der Waals surface area (Å²) in [6.07, 6.45) is 10.5. The first kappa shape index (κ1) is 13.2. The minimum Gasteiger partial charge on any atom is -0.493 e. The molecule has 0 aromatic heterocycles. The lowest BCUT2D eigenvalue weighted by Gasteiger charge is -2.21. The minimum absolute atomic E-state index is 0.0219. The Morgan fingerprint density at radius 2 is 2.10 bits per heavy atom. The van der Waals surface area contributed by atoms with Crippen LogP contribution in [-0.4, -0.2) is 18.6 Å². The van der Waals surface area contributed by atoms with E-state index in [1.165, 1.54) is 24.8 Å². The molecule has 0 saturated heterocycles. The highest BCUT2D eigenvalue weighted by atomic mass is 16.5. The minimum atomic E-state index is 0.0219. The zero-order chi connectivity index (χ0) is 13.8. The second-order valence-corrected chi connectivity index (χ2v) is 5.64. The Labute approximate surface area is 120 Å². The molecule has 1 amide bonds. The monoisotopic (exact) mass is 271 g/mol. The molecule has 1 heterocycles. The van der Waals surface area contributed by atoms with Gasteiger partial charge in [0.1, 0.15) is 5.75 Å². The van der Waals surface area contributed by atoms with E-state index in [1.807, 2.05) is 18.2 Å². The van der Waals surface area contributed by atoms with Crippen molar-refractivity contribution in [1.82, 2.24) is 5.32 Å². The molecule has 0 bridgehead atoms. The fraction of sp³-hybridized carbons (Fsp3) is 0.471. The molecule has 106 valence electrons. The Morgan fingerprint density at radius 3 is 2.95 bits per heavy atom. The number of fused-ring (bicyclic) bond motifs is 1. The summed E-state index contributed by atoms with van der Waals surface area (Å²) in [6, 6.07) is 6.46. The van der Waals surface area contributed by atoms with Gasteiger partial charge >= 0.3 is 0 Å². The van der Waals surface area contributed by atoms with Crippen molar-refractivity contribution < 1.29 is 9.53 Å². The van der Waals surface area contributed by atoms with Gasteiger partial charge in [-0.25, -0.2) is 0 Å².